The van der Waals surface area contributed by atoms with Crippen molar-refractivity contribution < 1.29 is 14.3 Å². The van der Waals surface area contributed by atoms with E-state index in [9.17, 15) is 9.59 Å². The van der Waals surface area contributed by atoms with Gasteiger partial charge in [-0.2, -0.15) is 0 Å². The summed E-state index contributed by atoms with van der Waals surface area (Å²) in [7, 11) is 0. The maximum absolute atomic E-state index is 12.5. The van der Waals surface area contributed by atoms with E-state index in [0.717, 1.165) is 11.1 Å². The second-order valence-electron chi connectivity index (χ2n) is 5.48. The number of Topliss-reactive ketones (excluding diaryl/α,β-unsaturated/α-hetero) is 1. The molecule has 0 aromatic heterocycles. The monoisotopic (exact) mass is 280 g/mol. The van der Waals surface area contributed by atoms with Crippen molar-refractivity contribution in [3.8, 4) is 11.1 Å². The Morgan fingerprint density at radius 3 is 2.19 bits per heavy atom. The fourth-order valence-electron chi connectivity index (χ4n) is 2.60. The van der Waals surface area contributed by atoms with Crippen LogP contribution in [0.15, 0.2) is 54.6 Å². The van der Waals surface area contributed by atoms with Gasteiger partial charge in [-0.1, -0.05) is 54.6 Å². The average Bonchev–Trinajstić information content (AvgIpc) is 2.88. The Kier molecular flexibility index (Phi) is 3.34. The Morgan fingerprint density at radius 2 is 1.62 bits per heavy atom. The van der Waals surface area contributed by atoms with Crippen LogP contribution >= 0.6 is 0 Å². The number of carbonyl (C=O) groups is 2. The molecule has 0 radical (unpaired) electrons. The number of rotatable bonds is 3. The van der Waals surface area contributed by atoms with Gasteiger partial charge in [-0.3, -0.25) is 9.59 Å². The summed E-state index contributed by atoms with van der Waals surface area (Å²) in [6, 6.07) is 17.4. The van der Waals surface area contributed by atoms with Crippen LogP contribution in [0.3, 0.4) is 0 Å². The first kappa shape index (κ1) is 13.6. The molecule has 1 saturated heterocycles. The number of ether oxygens (including phenoxy) is 1. The standard InChI is InChI=1S/C18H16O3/c1-18(12-11-16(19)21-18)17(20)15-9-7-14(8-10-15)13-5-3-2-4-6-13/h2-10H,11-12H2,1H3. The Morgan fingerprint density at radius 1 is 1.00 bits per heavy atom. The quantitative estimate of drug-likeness (QED) is 0.637. The number of hydrogen-bond donors (Lipinski definition) is 0. The van der Waals surface area contributed by atoms with Gasteiger partial charge < -0.3 is 4.74 Å². The molecule has 2 aromatic carbocycles. The molecule has 0 aliphatic carbocycles. The van der Waals surface area contributed by atoms with E-state index in [1.165, 1.54) is 0 Å². The molecule has 1 aliphatic rings. The van der Waals surface area contributed by atoms with Gasteiger partial charge in [0.15, 0.2) is 5.60 Å². The molecule has 0 bridgehead atoms. The zero-order chi connectivity index (χ0) is 14.9. The van der Waals surface area contributed by atoms with Crippen molar-refractivity contribution in [1.29, 1.82) is 0 Å². The zero-order valence-corrected chi connectivity index (χ0v) is 11.8. The van der Waals surface area contributed by atoms with Gasteiger partial charge in [-0.05, 0) is 18.1 Å². The fourth-order valence-corrected chi connectivity index (χ4v) is 2.60. The Labute approximate surface area is 123 Å². The Balaban J connectivity index is 1.85. The van der Waals surface area contributed by atoms with E-state index in [1.807, 2.05) is 42.5 Å². The maximum atomic E-state index is 12.5. The third-order valence-corrected chi connectivity index (χ3v) is 3.88. The average molecular weight is 280 g/mol. The van der Waals surface area contributed by atoms with Crippen LogP contribution in [0.4, 0.5) is 0 Å². The van der Waals surface area contributed by atoms with Gasteiger partial charge in [0.25, 0.3) is 0 Å². The highest BCUT2D eigenvalue weighted by Gasteiger charge is 2.42. The Hall–Kier alpha value is -2.42. The van der Waals surface area contributed by atoms with Crippen LogP contribution in [0.2, 0.25) is 0 Å². The summed E-state index contributed by atoms with van der Waals surface area (Å²) in [6.45, 7) is 1.69. The number of carbonyl (C=O) groups excluding carboxylic acids is 2. The molecule has 1 heterocycles. The molecule has 0 amide bonds. The predicted octanol–water partition coefficient (Wildman–Crippen LogP) is 3.63. The van der Waals surface area contributed by atoms with E-state index in [-0.39, 0.29) is 11.8 Å². The minimum Gasteiger partial charge on any atom is -0.451 e. The van der Waals surface area contributed by atoms with Crippen LogP contribution in [-0.4, -0.2) is 17.4 Å². The van der Waals surface area contributed by atoms with Crippen LogP contribution in [0, 0.1) is 0 Å². The summed E-state index contributed by atoms with van der Waals surface area (Å²) in [5.74, 6) is -0.431. The van der Waals surface area contributed by atoms with E-state index < -0.39 is 5.60 Å². The van der Waals surface area contributed by atoms with Gasteiger partial charge in [0.05, 0.1) is 0 Å². The van der Waals surface area contributed by atoms with Crippen LogP contribution in [0.5, 0.6) is 0 Å². The molecule has 3 rings (SSSR count). The lowest BCUT2D eigenvalue weighted by Crippen LogP contribution is -2.34. The normalized spacial score (nSPS) is 21.1. The molecule has 3 nitrogen and oxygen atoms in total. The molecule has 1 unspecified atom stereocenters. The van der Waals surface area contributed by atoms with E-state index in [0.29, 0.717) is 18.4 Å². The van der Waals surface area contributed by atoms with Gasteiger partial charge >= 0.3 is 5.97 Å². The van der Waals surface area contributed by atoms with Gasteiger partial charge in [-0.15, -0.1) is 0 Å². The van der Waals surface area contributed by atoms with Gasteiger partial charge in [0.1, 0.15) is 0 Å². The summed E-state index contributed by atoms with van der Waals surface area (Å²) in [5, 5.41) is 0. The smallest absolute Gasteiger partial charge is 0.306 e. The third-order valence-electron chi connectivity index (χ3n) is 3.88. The topological polar surface area (TPSA) is 43.4 Å². The van der Waals surface area contributed by atoms with Crippen LogP contribution in [0.25, 0.3) is 11.1 Å². The second kappa shape index (κ2) is 5.17. The second-order valence-corrected chi connectivity index (χ2v) is 5.48. The minimum atomic E-state index is -1.01. The number of benzene rings is 2. The lowest BCUT2D eigenvalue weighted by molar-refractivity contribution is -0.144. The minimum absolute atomic E-state index is 0.132. The highest BCUT2D eigenvalue weighted by Crippen LogP contribution is 2.30. The molecule has 106 valence electrons. The largest absolute Gasteiger partial charge is 0.451 e. The highest BCUT2D eigenvalue weighted by atomic mass is 16.6. The van der Waals surface area contributed by atoms with Crippen LogP contribution in [-0.2, 0) is 9.53 Å². The van der Waals surface area contributed by atoms with Crippen molar-refractivity contribution in [3.05, 3.63) is 60.2 Å². The van der Waals surface area contributed by atoms with Crippen molar-refractivity contribution in [2.75, 3.05) is 0 Å². The lowest BCUT2D eigenvalue weighted by Gasteiger charge is -2.20. The molecule has 0 saturated carbocycles. The molecule has 3 heteroatoms. The number of cyclic esters (lactones) is 1. The predicted molar refractivity (Wildman–Crippen MR) is 79.9 cm³/mol. The Bertz CT molecular complexity index is 673. The SMILES string of the molecule is CC1(C(=O)c2ccc(-c3ccccc3)cc2)CCC(=O)O1. The molecule has 1 atom stereocenters. The van der Waals surface area contributed by atoms with Crippen LogP contribution in [0.1, 0.15) is 30.1 Å². The first-order chi connectivity index (χ1) is 10.1. The summed E-state index contributed by atoms with van der Waals surface area (Å²) >= 11 is 0. The first-order valence-electron chi connectivity index (χ1n) is 7.01. The van der Waals surface area contributed by atoms with E-state index in [4.69, 9.17) is 4.74 Å². The summed E-state index contributed by atoms with van der Waals surface area (Å²) in [5.41, 5.74) is 1.73. The van der Waals surface area contributed by atoms with Crippen molar-refractivity contribution in [1.82, 2.24) is 0 Å². The van der Waals surface area contributed by atoms with Gasteiger partial charge in [0.2, 0.25) is 5.78 Å². The fraction of sp³-hybridized carbons (Fsp3) is 0.222. The first-order valence-corrected chi connectivity index (χ1v) is 7.01. The molecular weight excluding hydrogens is 264 g/mol. The summed E-state index contributed by atoms with van der Waals surface area (Å²) in [6.07, 6.45) is 0.759. The van der Waals surface area contributed by atoms with Crippen LogP contribution < -0.4 is 0 Å². The van der Waals surface area contributed by atoms with E-state index >= 15 is 0 Å². The molecule has 2 aromatic rings. The summed E-state index contributed by atoms with van der Waals surface area (Å²) < 4.78 is 5.19. The maximum Gasteiger partial charge on any atom is 0.306 e. The van der Waals surface area contributed by atoms with Crippen molar-refractivity contribution in [3.63, 3.8) is 0 Å². The molecule has 1 aliphatic heterocycles. The number of esters is 1. The van der Waals surface area contributed by atoms with Crippen molar-refractivity contribution in [2.24, 2.45) is 0 Å². The molecular formula is C18H16O3. The van der Waals surface area contributed by atoms with E-state index in [2.05, 4.69) is 0 Å². The van der Waals surface area contributed by atoms with Gasteiger partial charge in [0, 0.05) is 18.4 Å². The summed E-state index contributed by atoms with van der Waals surface area (Å²) in [4.78, 5) is 23.7. The third kappa shape index (κ3) is 2.59. The van der Waals surface area contributed by atoms with E-state index in [1.54, 1.807) is 19.1 Å². The lowest BCUT2D eigenvalue weighted by atomic mass is 9.91. The van der Waals surface area contributed by atoms with Crippen molar-refractivity contribution >= 4 is 11.8 Å². The molecule has 1 fully saturated rings. The zero-order valence-electron chi connectivity index (χ0n) is 11.8. The van der Waals surface area contributed by atoms with Crippen molar-refractivity contribution in [2.45, 2.75) is 25.4 Å². The molecule has 21 heavy (non-hydrogen) atoms. The van der Waals surface area contributed by atoms with Gasteiger partial charge in [-0.25, -0.2) is 0 Å². The molecule has 0 N–H and O–H groups in total. The highest BCUT2D eigenvalue weighted by molar-refractivity contribution is 6.04. The number of ketones is 1. The molecule has 0 spiro atoms. The number of hydrogen-bond acceptors (Lipinski definition) is 3.